The largest absolute Gasteiger partial charge is 0.508 e. The summed E-state index contributed by atoms with van der Waals surface area (Å²) in [6.07, 6.45) is 0.629. The van der Waals surface area contributed by atoms with Gasteiger partial charge in [-0.05, 0) is 43.1 Å². The van der Waals surface area contributed by atoms with E-state index in [4.69, 9.17) is 5.73 Å². The van der Waals surface area contributed by atoms with Crippen LogP contribution in [0.25, 0.3) is 0 Å². The van der Waals surface area contributed by atoms with Crippen LogP contribution >= 0.6 is 0 Å². The Hall–Kier alpha value is -1.11. The van der Waals surface area contributed by atoms with Gasteiger partial charge in [-0.25, -0.2) is 8.42 Å². The summed E-state index contributed by atoms with van der Waals surface area (Å²) in [5.74, 6) is 0.293. The summed E-state index contributed by atoms with van der Waals surface area (Å²) in [7, 11) is -3.52. The van der Waals surface area contributed by atoms with Crippen LogP contribution < -0.4 is 5.73 Å². The normalized spacial score (nSPS) is 12.3. The average molecular weight is 286 g/mol. The number of phenolic OH excluding ortho intramolecular Hbond substituents is 1. The molecular formula is C13H22N2O3S. The standard InChI is InChI=1S/C13H22N2O3S/c1-11(2)10-15(9-3-8-14)19(17,18)13-6-4-12(16)5-7-13/h4-7,11,16H,3,8-10,14H2,1-2H3. The van der Waals surface area contributed by atoms with Crippen molar-refractivity contribution in [3.63, 3.8) is 0 Å². The van der Waals surface area contributed by atoms with Crippen molar-refractivity contribution >= 4 is 10.0 Å². The van der Waals surface area contributed by atoms with Crippen LogP contribution in [0.1, 0.15) is 20.3 Å². The lowest BCUT2D eigenvalue weighted by Crippen LogP contribution is -2.35. The van der Waals surface area contributed by atoms with E-state index in [1.807, 2.05) is 13.8 Å². The van der Waals surface area contributed by atoms with Gasteiger partial charge in [-0.15, -0.1) is 0 Å². The molecule has 6 heteroatoms. The molecule has 1 aromatic carbocycles. The number of rotatable bonds is 7. The number of nitrogens with zero attached hydrogens (tertiary/aromatic N) is 1. The zero-order valence-corrected chi connectivity index (χ0v) is 12.2. The molecule has 0 fully saturated rings. The smallest absolute Gasteiger partial charge is 0.243 e. The number of nitrogens with two attached hydrogens (primary N) is 1. The third-order valence-corrected chi connectivity index (χ3v) is 4.53. The predicted molar refractivity (Wildman–Crippen MR) is 75.4 cm³/mol. The monoisotopic (exact) mass is 286 g/mol. The van der Waals surface area contributed by atoms with E-state index in [-0.39, 0.29) is 16.6 Å². The van der Waals surface area contributed by atoms with Crippen molar-refractivity contribution in [2.75, 3.05) is 19.6 Å². The minimum Gasteiger partial charge on any atom is -0.508 e. The zero-order chi connectivity index (χ0) is 14.5. The molecule has 108 valence electrons. The number of hydrogen-bond donors (Lipinski definition) is 2. The highest BCUT2D eigenvalue weighted by Crippen LogP contribution is 2.20. The van der Waals surface area contributed by atoms with E-state index >= 15 is 0 Å². The number of hydrogen-bond acceptors (Lipinski definition) is 4. The highest BCUT2D eigenvalue weighted by atomic mass is 32.2. The van der Waals surface area contributed by atoms with Crippen LogP contribution in [0.2, 0.25) is 0 Å². The minimum atomic E-state index is -3.52. The number of aromatic hydroxyl groups is 1. The maximum atomic E-state index is 12.5. The van der Waals surface area contributed by atoms with Crippen LogP contribution in [-0.4, -0.2) is 37.5 Å². The first-order chi connectivity index (χ1) is 8.87. The van der Waals surface area contributed by atoms with Crippen LogP contribution in [0.15, 0.2) is 29.2 Å². The van der Waals surface area contributed by atoms with Crippen molar-refractivity contribution in [3.8, 4) is 5.75 Å². The van der Waals surface area contributed by atoms with Gasteiger partial charge in [0.1, 0.15) is 5.75 Å². The fourth-order valence-electron chi connectivity index (χ4n) is 1.75. The van der Waals surface area contributed by atoms with Gasteiger partial charge >= 0.3 is 0 Å². The Morgan fingerprint density at radius 3 is 2.32 bits per heavy atom. The Bertz CT molecular complexity index is 483. The molecule has 1 rings (SSSR count). The van der Waals surface area contributed by atoms with E-state index < -0.39 is 10.0 Å². The second-order valence-electron chi connectivity index (χ2n) is 4.89. The molecule has 0 aromatic heterocycles. The molecule has 0 saturated heterocycles. The van der Waals surface area contributed by atoms with Gasteiger partial charge in [0, 0.05) is 13.1 Å². The summed E-state index contributed by atoms with van der Waals surface area (Å²) in [4.78, 5) is 0.197. The van der Waals surface area contributed by atoms with Crippen molar-refractivity contribution in [1.29, 1.82) is 0 Å². The molecule has 19 heavy (non-hydrogen) atoms. The molecule has 1 aromatic rings. The van der Waals surface area contributed by atoms with Crippen LogP contribution in [0.3, 0.4) is 0 Å². The highest BCUT2D eigenvalue weighted by Gasteiger charge is 2.24. The maximum Gasteiger partial charge on any atom is 0.243 e. The molecule has 5 nitrogen and oxygen atoms in total. The predicted octanol–water partition coefficient (Wildman–Crippen LogP) is 1.39. The molecule has 0 spiro atoms. The van der Waals surface area contributed by atoms with E-state index in [9.17, 15) is 13.5 Å². The summed E-state index contributed by atoms with van der Waals surface area (Å²) in [5, 5.41) is 9.22. The Morgan fingerprint density at radius 1 is 1.26 bits per heavy atom. The zero-order valence-electron chi connectivity index (χ0n) is 11.4. The molecule has 0 amide bonds. The highest BCUT2D eigenvalue weighted by molar-refractivity contribution is 7.89. The second-order valence-corrected chi connectivity index (χ2v) is 6.83. The number of benzene rings is 1. The van der Waals surface area contributed by atoms with E-state index in [0.717, 1.165) is 0 Å². The summed E-state index contributed by atoms with van der Waals surface area (Å²) in [6, 6.07) is 5.59. The SMILES string of the molecule is CC(C)CN(CCCN)S(=O)(=O)c1ccc(O)cc1. The molecule has 3 N–H and O–H groups in total. The average Bonchev–Trinajstić information content (AvgIpc) is 2.34. The lowest BCUT2D eigenvalue weighted by molar-refractivity contribution is 0.364. The lowest BCUT2D eigenvalue weighted by Gasteiger charge is -2.23. The van der Waals surface area contributed by atoms with Crippen molar-refractivity contribution in [2.24, 2.45) is 11.7 Å². The molecule has 0 aliphatic rings. The molecule has 0 saturated carbocycles. The molecule has 0 unspecified atom stereocenters. The molecule has 0 atom stereocenters. The minimum absolute atomic E-state index is 0.0521. The van der Waals surface area contributed by atoms with Gasteiger partial charge in [0.25, 0.3) is 0 Å². The quantitative estimate of drug-likeness (QED) is 0.793. The van der Waals surface area contributed by atoms with Gasteiger partial charge in [0.15, 0.2) is 0 Å². The van der Waals surface area contributed by atoms with Gasteiger partial charge in [-0.3, -0.25) is 0 Å². The topological polar surface area (TPSA) is 83.6 Å². The van der Waals surface area contributed by atoms with Gasteiger partial charge in [0.2, 0.25) is 10.0 Å². The number of sulfonamides is 1. The first-order valence-electron chi connectivity index (χ1n) is 6.37. The molecule has 0 heterocycles. The van der Waals surface area contributed by atoms with E-state index in [1.165, 1.54) is 28.6 Å². The summed E-state index contributed by atoms with van der Waals surface area (Å²) in [5.41, 5.74) is 5.45. The van der Waals surface area contributed by atoms with Crippen LogP contribution in [0.5, 0.6) is 5.75 Å². The van der Waals surface area contributed by atoms with Crippen molar-refractivity contribution in [2.45, 2.75) is 25.2 Å². The first-order valence-corrected chi connectivity index (χ1v) is 7.81. The van der Waals surface area contributed by atoms with Gasteiger partial charge in [-0.2, -0.15) is 4.31 Å². The van der Waals surface area contributed by atoms with Crippen LogP contribution in [0.4, 0.5) is 0 Å². The van der Waals surface area contributed by atoms with E-state index in [2.05, 4.69) is 0 Å². The maximum absolute atomic E-state index is 12.5. The van der Waals surface area contributed by atoms with Gasteiger partial charge in [0.05, 0.1) is 4.90 Å². The van der Waals surface area contributed by atoms with Crippen molar-refractivity contribution in [3.05, 3.63) is 24.3 Å². The first kappa shape index (κ1) is 15.9. The summed E-state index contributed by atoms with van der Waals surface area (Å²) in [6.45, 7) is 5.28. The fraction of sp³-hybridized carbons (Fsp3) is 0.538. The van der Waals surface area contributed by atoms with Crippen LogP contribution in [0, 0.1) is 5.92 Å². The Labute approximate surface area is 115 Å². The molecule has 0 aliphatic carbocycles. The summed E-state index contributed by atoms with van der Waals surface area (Å²) >= 11 is 0. The fourth-order valence-corrected chi connectivity index (χ4v) is 3.39. The lowest BCUT2D eigenvalue weighted by atomic mass is 10.2. The molecule has 0 aliphatic heterocycles. The van der Waals surface area contributed by atoms with E-state index in [1.54, 1.807) is 0 Å². The van der Waals surface area contributed by atoms with Crippen molar-refractivity contribution in [1.82, 2.24) is 4.31 Å². The second kappa shape index (κ2) is 6.88. The van der Waals surface area contributed by atoms with E-state index in [0.29, 0.717) is 26.1 Å². The Kier molecular flexibility index (Phi) is 5.78. The van der Waals surface area contributed by atoms with Crippen molar-refractivity contribution < 1.29 is 13.5 Å². The Balaban J connectivity index is 3.00. The third-order valence-electron chi connectivity index (χ3n) is 2.65. The number of phenols is 1. The Morgan fingerprint density at radius 2 is 1.84 bits per heavy atom. The van der Waals surface area contributed by atoms with Gasteiger partial charge in [-0.1, -0.05) is 13.8 Å². The molecular weight excluding hydrogens is 264 g/mol. The van der Waals surface area contributed by atoms with Crippen LogP contribution in [-0.2, 0) is 10.0 Å². The summed E-state index contributed by atoms with van der Waals surface area (Å²) < 4.78 is 26.4. The molecule has 0 radical (unpaired) electrons. The third kappa shape index (κ3) is 4.49. The molecule has 0 bridgehead atoms. The van der Waals surface area contributed by atoms with Gasteiger partial charge < -0.3 is 10.8 Å².